The van der Waals surface area contributed by atoms with Crippen LogP contribution in [0.4, 0.5) is 10.6 Å². The normalized spacial score (nSPS) is 26.9. The van der Waals surface area contributed by atoms with E-state index in [0.717, 1.165) is 37.7 Å². The first kappa shape index (κ1) is 20.0. The van der Waals surface area contributed by atoms with Crippen LogP contribution in [0.25, 0.3) is 0 Å². The number of hydrogen-bond acceptors (Lipinski definition) is 8. The third-order valence-electron chi connectivity index (χ3n) is 6.42. The number of aromatic nitrogens is 2. The van der Waals surface area contributed by atoms with Crippen LogP contribution in [0.5, 0.6) is 5.88 Å². The van der Waals surface area contributed by atoms with Crippen LogP contribution in [0, 0.1) is 0 Å². The van der Waals surface area contributed by atoms with Gasteiger partial charge >= 0.3 is 6.09 Å². The van der Waals surface area contributed by atoms with Crippen LogP contribution in [-0.2, 0) is 14.7 Å². The van der Waals surface area contributed by atoms with Crippen molar-refractivity contribution >= 4 is 21.7 Å². The van der Waals surface area contributed by atoms with Crippen molar-refractivity contribution in [3.63, 3.8) is 0 Å². The third-order valence-corrected chi connectivity index (χ3v) is 7.56. The van der Waals surface area contributed by atoms with Gasteiger partial charge in [-0.05, 0) is 56.3 Å². The molecule has 5 rings (SSSR count). The van der Waals surface area contributed by atoms with Crippen LogP contribution in [0.1, 0.15) is 38.5 Å². The maximum Gasteiger partial charge on any atom is 0.453 e. The Bertz CT molecular complexity index is 1080. The number of sulfone groups is 1. The zero-order valence-corrected chi connectivity index (χ0v) is 18.0. The standard InChI is InChI=1S/C21H24N4O5S/c1-31(27,28)17-7-8-18-14(11-17)9-10-24(18)19-12-20(23-13-22-19)29-30-21(26)25-15-3-2-4-16(25)6-5-15/h7,9-13,15-16,18H,2-6,8H2,1H3. The van der Waals surface area contributed by atoms with Crippen molar-refractivity contribution in [2.45, 2.75) is 56.7 Å². The molecule has 0 aromatic carbocycles. The molecule has 0 N–H and O–H groups in total. The minimum absolute atomic E-state index is 0.0558. The molecule has 4 aliphatic rings. The van der Waals surface area contributed by atoms with E-state index >= 15 is 0 Å². The zero-order valence-electron chi connectivity index (χ0n) is 17.2. The second-order valence-electron chi connectivity index (χ2n) is 8.37. The Balaban J connectivity index is 1.25. The van der Waals surface area contributed by atoms with Gasteiger partial charge in [-0.15, -0.1) is 0 Å². The summed E-state index contributed by atoms with van der Waals surface area (Å²) in [5, 5.41) is 0. The molecular weight excluding hydrogens is 420 g/mol. The Kier molecular flexibility index (Phi) is 4.96. The van der Waals surface area contributed by atoms with Crippen LogP contribution >= 0.6 is 0 Å². The van der Waals surface area contributed by atoms with E-state index in [9.17, 15) is 13.2 Å². The minimum Gasteiger partial charge on any atom is -0.325 e. The fourth-order valence-corrected chi connectivity index (χ4v) is 5.68. The number of rotatable bonds is 4. The van der Waals surface area contributed by atoms with Gasteiger partial charge in [-0.2, -0.15) is 4.98 Å². The molecule has 9 nitrogen and oxygen atoms in total. The predicted molar refractivity (Wildman–Crippen MR) is 113 cm³/mol. The SMILES string of the molecule is CS(=O)(=O)C1=CCC2C(=C1)C=CN2c1cc(OOC(=O)N2C3CCCC2CC3)ncn1. The predicted octanol–water partition coefficient (Wildman–Crippen LogP) is 2.88. The number of hydrogen-bond donors (Lipinski definition) is 0. The second kappa shape index (κ2) is 7.67. The van der Waals surface area contributed by atoms with Crippen molar-refractivity contribution in [1.29, 1.82) is 0 Å². The summed E-state index contributed by atoms with van der Waals surface area (Å²) in [5.41, 5.74) is 0.899. The number of piperidine rings is 1. The Hall–Kier alpha value is -2.88. The summed E-state index contributed by atoms with van der Waals surface area (Å²) < 4.78 is 23.6. The minimum atomic E-state index is -3.25. The van der Waals surface area contributed by atoms with E-state index in [-0.39, 0.29) is 24.0 Å². The van der Waals surface area contributed by atoms with Gasteiger partial charge in [0, 0.05) is 30.6 Å². The van der Waals surface area contributed by atoms with E-state index in [1.54, 1.807) is 23.1 Å². The number of amides is 1. The highest BCUT2D eigenvalue weighted by Crippen LogP contribution is 2.36. The third kappa shape index (κ3) is 3.80. The van der Waals surface area contributed by atoms with E-state index in [1.165, 1.54) is 12.6 Å². The Morgan fingerprint density at radius 2 is 1.94 bits per heavy atom. The molecule has 2 bridgehead atoms. The number of allylic oxidation sites excluding steroid dienone is 1. The molecule has 2 saturated heterocycles. The van der Waals surface area contributed by atoms with Gasteiger partial charge in [0.05, 0.1) is 10.9 Å². The highest BCUT2D eigenvalue weighted by molar-refractivity contribution is 7.94. The molecule has 1 amide bonds. The summed E-state index contributed by atoms with van der Waals surface area (Å²) >= 11 is 0. The van der Waals surface area contributed by atoms with Crippen LogP contribution in [0.3, 0.4) is 0 Å². The molecule has 0 spiro atoms. The van der Waals surface area contributed by atoms with Gasteiger partial charge in [-0.1, -0.05) is 6.08 Å². The summed E-state index contributed by atoms with van der Waals surface area (Å²) in [7, 11) is -3.25. The van der Waals surface area contributed by atoms with E-state index in [1.807, 2.05) is 17.2 Å². The van der Waals surface area contributed by atoms with Gasteiger partial charge in [-0.25, -0.2) is 23.1 Å². The molecule has 31 heavy (non-hydrogen) atoms. The number of anilines is 1. The Morgan fingerprint density at radius 3 is 2.68 bits per heavy atom. The summed E-state index contributed by atoms with van der Waals surface area (Å²) in [6, 6.07) is 2.03. The Morgan fingerprint density at radius 1 is 1.16 bits per heavy atom. The molecule has 1 aromatic rings. The number of fused-ring (bicyclic) bond motifs is 3. The largest absolute Gasteiger partial charge is 0.453 e. The van der Waals surface area contributed by atoms with Crippen LogP contribution in [0.15, 0.2) is 47.3 Å². The molecule has 3 atom stereocenters. The lowest BCUT2D eigenvalue weighted by Crippen LogP contribution is -2.44. The van der Waals surface area contributed by atoms with Crippen molar-refractivity contribution < 1.29 is 23.0 Å². The summed E-state index contributed by atoms with van der Waals surface area (Å²) in [6.45, 7) is 0. The fraction of sp³-hybridized carbons (Fsp3) is 0.476. The molecular formula is C21H24N4O5S. The van der Waals surface area contributed by atoms with Gasteiger partial charge in [0.2, 0.25) is 0 Å². The molecule has 3 aliphatic heterocycles. The van der Waals surface area contributed by atoms with Crippen LogP contribution in [-0.4, -0.2) is 53.8 Å². The summed E-state index contributed by atoms with van der Waals surface area (Å²) in [4.78, 5) is 35.3. The number of carbonyl (C=O) groups excluding carboxylic acids is 1. The first-order chi connectivity index (χ1) is 14.9. The smallest absolute Gasteiger partial charge is 0.325 e. The molecule has 164 valence electrons. The van der Waals surface area contributed by atoms with Crippen LogP contribution < -0.4 is 9.79 Å². The molecule has 0 radical (unpaired) electrons. The molecule has 1 aliphatic carbocycles. The first-order valence-corrected chi connectivity index (χ1v) is 12.4. The van der Waals surface area contributed by atoms with Crippen molar-refractivity contribution in [1.82, 2.24) is 14.9 Å². The van der Waals surface area contributed by atoms with Gasteiger partial charge in [0.25, 0.3) is 5.88 Å². The maximum absolute atomic E-state index is 12.5. The lowest BCUT2D eigenvalue weighted by atomic mass is 10.0. The Labute approximate surface area is 180 Å². The lowest BCUT2D eigenvalue weighted by molar-refractivity contribution is -0.161. The maximum atomic E-state index is 12.5. The topological polar surface area (TPSA) is 102 Å². The quantitative estimate of drug-likeness (QED) is 0.516. The summed E-state index contributed by atoms with van der Waals surface area (Å²) in [5.74, 6) is 0.705. The van der Waals surface area contributed by atoms with Gasteiger partial charge < -0.3 is 4.90 Å². The van der Waals surface area contributed by atoms with Gasteiger partial charge in [0.15, 0.2) is 9.84 Å². The fourth-order valence-electron chi connectivity index (χ4n) is 4.93. The van der Waals surface area contributed by atoms with Gasteiger partial charge in [-0.3, -0.25) is 9.79 Å². The molecule has 2 fully saturated rings. The molecule has 10 heteroatoms. The van der Waals surface area contributed by atoms with Crippen molar-refractivity contribution in [2.24, 2.45) is 0 Å². The highest BCUT2D eigenvalue weighted by Gasteiger charge is 2.41. The summed E-state index contributed by atoms with van der Waals surface area (Å²) in [6.07, 6.45) is 15.0. The zero-order chi connectivity index (χ0) is 21.6. The monoisotopic (exact) mass is 444 g/mol. The molecule has 0 saturated carbocycles. The van der Waals surface area contributed by atoms with E-state index < -0.39 is 15.9 Å². The number of nitrogens with zero attached hydrogens (tertiary/aromatic N) is 4. The molecule has 1 aromatic heterocycles. The number of carbonyl (C=O) groups is 1. The lowest BCUT2D eigenvalue weighted by Gasteiger charge is -2.32. The van der Waals surface area contributed by atoms with Gasteiger partial charge in [0.1, 0.15) is 12.1 Å². The second-order valence-corrected chi connectivity index (χ2v) is 10.4. The van der Waals surface area contributed by atoms with Crippen molar-refractivity contribution in [2.75, 3.05) is 11.2 Å². The molecule has 3 unspecified atom stereocenters. The first-order valence-electron chi connectivity index (χ1n) is 10.5. The average molecular weight is 445 g/mol. The average Bonchev–Trinajstić information content (AvgIpc) is 3.29. The highest BCUT2D eigenvalue weighted by atomic mass is 32.2. The van der Waals surface area contributed by atoms with Crippen LogP contribution in [0.2, 0.25) is 0 Å². The van der Waals surface area contributed by atoms with E-state index in [4.69, 9.17) is 9.78 Å². The van der Waals surface area contributed by atoms with Crippen molar-refractivity contribution in [3.8, 4) is 5.88 Å². The molecule has 4 heterocycles. The van der Waals surface area contributed by atoms with Crippen molar-refractivity contribution in [3.05, 3.63) is 47.3 Å². The van der Waals surface area contributed by atoms with E-state index in [0.29, 0.717) is 17.1 Å². The van der Waals surface area contributed by atoms with E-state index in [2.05, 4.69) is 9.97 Å².